The number of thiophene rings is 1. The number of piperazine rings is 1. The van der Waals surface area contributed by atoms with Gasteiger partial charge in [0.15, 0.2) is 6.73 Å². The zero-order chi connectivity index (χ0) is 28.0. The van der Waals surface area contributed by atoms with Gasteiger partial charge in [0.05, 0.1) is 12.1 Å². The molecule has 2 aromatic heterocycles. The minimum Gasteiger partial charge on any atom is -0.494 e. The summed E-state index contributed by atoms with van der Waals surface area (Å²) in [6.45, 7) is 7.17. The Hall–Kier alpha value is -3.21. The number of ether oxygens (including phenoxy) is 2. The van der Waals surface area contributed by atoms with Crippen LogP contribution in [0.2, 0.25) is 0 Å². The Kier molecular flexibility index (Phi) is 8.98. The maximum atomic E-state index is 12.6. The minimum absolute atomic E-state index is 0.113. The first-order valence-electron chi connectivity index (χ1n) is 14.4. The molecular formula is C31H36N4O4S2. The molecule has 2 fully saturated rings. The molecule has 4 heterocycles. The molecule has 2 aromatic carbocycles. The van der Waals surface area contributed by atoms with Gasteiger partial charge >= 0.3 is 6.09 Å². The van der Waals surface area contributed by atoms with Crippen LogP contribution in [0.25, 0.3) is 21.0 Å². The van der Waals surface area contributed by atoms with Crippen LogP contribution in [0.4, 0.5) is 10.5 Å². The number of carbonyl (C=O) groups is 1. The summed E-state index contributed by atoms with van der Waals surface area (Å²) in [6, 6.07) is 17.9. The summed E-state index contributed by atoms with van der Waals surface area (Å²) >= 11 is 3.64. The maximum absolute atomic E-state index is 12.6. The summed E-state index contributed by atoms with van der Waals surface area (Å²) in [5, 5.41) is 4.44. The van der Waals surface area contributed by atoms with Crippen LogP contribution < -0.4 is 15.2 Å². The molecule has 2 aliphatic rings. The Morgan fingerprint density at radius 1 is 0.902 bits per heavy atom. The molecule has 6 rings (SSSR count). The molecule has 1 amide bonds. The molecule has 4 aromatic rings. The van der Waals surface area contributed by atoms with E-state index in [1.54, 1.807) is 22.3 Å². The Balaban J connectivity index is 0.968. The number of thioether (sulfide) groups is 1. The second-order valence-corrected chi connectivity index (χ2v) is 12.6. The molecule has 10 heteroatoms. The number of hydrogen-bond donors (Lipinski definition) is 0. The fraction of sp³-hybridized carbons (Fsp3) is 0.419. The Labute approximate surface area is 248 Å². The summed E-state index contributed by atoms with van der Waals surface area (Å²) in [6.07, 6.45) is 1.66. The standard InChI is InChI=1S/C31H36N4O4S2/c36-30-9-7-24-6-8-25(22-28(24)35(30)23-39-31(37)34-16-20-40-21-17-34)38-18-2-1-11-32-12-14-33(15-13-32)27-4-3-5-29-26(27)10-19-41-29/h3-10,19,22H,1-2,11-18,20-21,23H2. The second-order valence-electron chi connectivity index (χ2n) is 10.5. The van der Waals surface area contributed by atoms with Crippen molar-refractivity contribution in [3.63, 3.8) is 0 Å². The van der Waals surface area contributed by atoms with Crippen LogP contribution in [-0.2, 0) is 11.5 Å². The van der Waals surface area contributed by atoms with Gasteiger partial charge in [-0.2, -0.15) is 11.8 Å². The lowest BCUT2D eigenvalue weighted by molar-refractivity contribution is 0.0790. The van der Waals surface area contributed by atoms with E-state index in [4.69, 9.17) is 9.47 Å². The van der Waals surface area contributed by atoms with Gasteiger partial charge in [-0.3, -0.25) is 14.3 Å². The van der Waals surface area contributed by atoms with Crippen LogP contribution in [-0.4, -0.2) is 84.4 Å². The van der Waals surface area contributed by atoms with Crippen molar-refractivity contribution in [3.8, 4) is 5.75 Å². The normalized spacial score (nSPS) is 16.4. The lowest BCUT2D eigenvalue weighted by atomic mass is 10.2. The van der Waals surface area contributed by atoms with E-state index < -0.39 is 0 Å². The van der Waals surface area contributed by atoms with E-state index >= 15 is 0 Å². The average Bonchev–Trinajstić information content (AvgIpc) is 3.50. The second kappa shape index (κ2) is 13.2. The molecule has 216 valence electrons. The van der Waals surface area contributed by atoms with E-state index in [0.717, 1.165) is 62.5 Å². The van der Waals surface area contributed by atoms with Crippen molar-refractivity contribution >= 4 is 55.9 Å². The number of fused-ring (bicyclic) bond motifs is 2. The van der Waals surface area contributed by atoms with Crippen LogP contribution in [0.5, 0.6) is 5.75 Å². The molecule has 0 atom stereocenters. The highest BCUT2D eigenvalue weighted by Gasteiger charge is 2.20. The van der Waals surface area contributed by atoms with Crippen LogP contribution in [0.15, 0.2) is 64.8 Å². The predicted molar refractivity (Wildman–Crippen MR) is 169 cm³/mol. The summed E-state index contributed by atoms with van der Waals surface area (Å²) in [4.78, 5) is 31.9. The van der Waals surface area contributed by atoms with Gasteiger partial charge in [-0.05, 0) is 66.6 Å². The molecule has 0 N–H and O–H groups in total. The number of hydrogen-bond acceptors (Lipinski definition) is 8. The Morgan fingerprint density at radius 3 is 2.59 bits per heavy atom. The van der Waals surface area contributed by atoms with Gasteiger partial charge in [0.25, 0.3) is 5.56 Å². The number of pyridine rings is 1. The maximum Gasteiger partial charge on any atom is 0.411 e. The lowest BCUT2D eigenvalue weighted by Gasteiger charge is -2.36. The third kappa shape index (κ3) is 6.66. The predicted octanol–water partition coefficient (Wildman–Crippen LogP) is 5.34. The van der Waals surface area contributed by atoms with Crippen LogP contribution in [0, 0.1) is 0 Å². The molecular weight excluding hydrogens is 556 g/mol. The first-order valence-corrected chi connectivity index (χ1v) is 16.4. The molecule has 0 saturated carbocycles. The van der Waals surface area contributed by atoms with Crippen LogP contribution in [0.3, 0.4) is 0 Å². The highest BCUT2D eigenvalue weighted by molar-refractivity contribution is 7.99. The first-order chi connectivity index (χ1) is 20.2. The fourth-order valence-corrected chi connectivity index (χ4v) is 7.25. The zero-order valence-corrected chi connectivity index (χ0v) is 24.8. The third-order valence-corrected chi connectivity index (χ3v) is 9.70. The molecule has 0 radical (unpaired) electrons. The zero-order valence-electron chi connectivity index (χ0n) is 23.2. The van der Waals surface area contributed by atoms with Gasteiger partial charge in [-0.1, -0.05) is 6.07 Å². The highest BCUT2D eigenvalue weighted by Crippen LogP contribution is 2.31. The van der Waals surface area contributed by atoms with Crippen molar-refractivity contribution in [2.75, 3.05) is 68.8 Å². The average molecular weight is 593 g/mol. The highest BCUT2D eigenvalue weighted by atomic mass is 32.2. The van der Waals surface area contributed by atoms with Crippen LogP contribution >= 0.6 is 23.1 Å². The molecule has 2 saturated heterocycles. The van der Waals surface area contributed by atoms with Gasteiger partial charge < -0.3 is 19.3 Å². The molecule has 41 heavy (non-hydrogen) atoms. The van der Waals surface area contributed by atoms with Gasteiger partial charge in [0.1, 0.15) is 5.75 Å². The Bertz CT molecular complexity index is 1540. The number of aromatic nitrogens is 1. The van der Waals surface area contributed by atoms with E-state index in [2.05, 4.69) is 39.4 Å². The van der Waals surface area contributed by atoms with Crippen molar-refractivity contribution in [3.05, 3.63) is 70.3 Å². The number of unbranched alkanes of at least 4 members (excludes halogenated alkanes) is 1. The topological polar surface area (TPSA) is 67.2 Å². The summed E-state index contributed by atoms with van der Waals surface area (Å²) in [5.74, 6) is 2.54. The molecule has 0 spiro atoms. The van der Waals surface area contributed by atoms with Gasteiger partial charge in [0.2, 0.25) is 0 Å². The summed E-state index contributed by atoms with van der Waals surface area (Å²) < 4.78 is 14.4. The number of carbonyl (C=O) groups excluding carboxylic acids is 1. The minimum atomic E-state index is -0.372. The monoisotopic (exact) mass is 592 g/mol. The van der Waals surface area contributed by atoms with Crippen molar-refractivity contribution < 1.29 is 14.3 Å². The molecule has 0 bridgehead atoms. The van der Waals surface area contributed by atoms with Gasteiger partial charge in [-0.25, -0.2) is 4.79 Å². The van der Waals surface area contributed by atoms with E-state index in [9.17, 15) is 9.59 Å². The molecule has 8 nitrogen and oxygen atoms in total. The van der Waals surface area contributed by atoms with Gasteiger partial charge in [-0.15, -0.1) is 11.3 Å². The van der Waals surface area contributed by atoms with Crippen LogP contribution in [0.1, 0.15) is 12.8 Å². The Morgan fingerprint density at radius 2 is 1.73 bits per heavy atom. The van der Waals surface area contributed by atoms with E-state index in [1.165, 1.54) is 26.4 Å². The van der Waals surface area contributed by atoms with E-state index in [0.29, 0.717) is 31.0 Å². The van der Waals surface area contributed by atoms with Crippen molar-refractivity contribution in [1.29, 1.82) is 0 Å². The lowest BCUT2D eigenvalue weighted by Crippen LogP contribution is -2.46. The number of amides is 1. The van der Waals surface area contributed by atoms with Crippen molar-refractivity contribution in [1.82, 2.24) is 14.4 Å². The van der Waals surface area contributed by atoms with E-state index in [-0.39, 0.29) is 18.4 Å². The summed E-state index contributed by atoms with van der Waals surface area (Å²) in [5.41, 5.74) is 1.86. The number of rotatable bonds is 9. The van der Waals surface area contributed by atoms with Crippen molar-refractivity contribution in [2.45, 2.75) is 19.6 Å². The number of anilines is 1. The molecule has 0 unspecified atom stereocenters. The fourth-order valence-electron chi connectivity index (χ4n) is 5.54. The number of nitrogens with zero attached hydrogens (tertiary/aromatic N) is 4. The molecule has 0 aliphatic carbocycles. The quantitative estimate of drug-likeness (QED) is 0.243. The third-order valence-electron chi connectivity index (χ3n) is 7.87. The van der Waals surface area contributed by atoms with Gasteiger partial charge in [0, 0.05) is 78.7 Å². The smallest absolute Gasteiger partial charge is 0.411 e. The molecule has 2 aliphatic heterocycles. The SMILES string of the molecule is O=C(OCn1c(=O)ccc2ccc(OCCCCN3CCN(c4cccc5sccc45)CC3)cc21)N1CCSCC1. The number of benzene rings is 2. The largest absolute Gasteiger partial charge is 0.494 e. The van der Waals surface area contributed by atoms with Crippen molar-refractivity contribution in [2.24, 2.45) is 0 Å². The first kappa shape index (κ1) is 27.9. The summed E-state index contributed by atoms with van der Waals surface area (Å²) in [7, 11) is 0. The van der Waals surface area contributed by atoms with E-state index in [1.807, 2.05) is 30.0 Å².